The van der Waals surface area contributed by atoms with E-state index in [9.17, 15) is 13.2 Å². The van der Waals surface area contributed by atoms with Crippen LogP contribution in [0.25, 0.3) is 0 Å². The molecule has 1 aliphatic rings. The van der Waals surface area contributed by atoms with E-state index >= 15 is 0 Å². The molecular weight excluding hydrogens is 559 g/mol. The van der Waals surface area contributed by atoms with Gasteiger partial charge in [0.1, 0.15) is 6.04 Å². The van der Waals surface area contributed by atoms with Crippen LogP contribution >= 0.6 is 23.2 Å². The summed E-state index contributed by atoms with van der Waals surface area (Å²) in [4.78, 5) is 17.5. The molecule has 0 bridgehead atoms. The fourth-order valence-corrected chi connectivity index (χ4v) is 5.29. The minimum Gasteiger partial charge on any atom is -0.375 e. The van der Waals surface area contributed by atoms with E-state index in [1.165, 1.54) is 0 Å². The number of piperazine rings is 1. The van der Waals surface area contributed by atoms with Gasteiger partial charge in [-0.25, -0.2) is 8.42 Å². The standard InChI is InChI=1S/C28H32Cl2N4O4S/c1-39(36,37)32-25-9-5-6-10-27(25)33-13-15-34(16-14-33)28(35)26(31-18-21-7-3-2-4-8-21)20-38-19-22-11-12-23(29)24(30)17-22/h2-12,17,26,31-32H,13-16,18-20H2,1H3/t26-/m0/s1. The van der Waals surface area contributed by atoms with Crippen LogP contribution in [0.5, 0.6) is 0 Å². The minimum atomic E-state index is -3.41. The van der Waals surface area contributed by atoms with Crippen LogP contribution in [0.1, 0.15) is 11.1 Å². The number of sulfonamides is 1. The van der Waals surface area contributed by atoms with Gasteiger partial charge in [0.05, 0.1) is 40.9 Å². The molecule has 1 heterocycles. The first-order valence-corrected chi connectivity index (χ1v) is 15.2. The molecule has 0 aliphatic carbocycles. The van der Waals surface area contributed by atoms with Gasteiger partial charge in [-0.2, -0.15) is 0 Å². The maximum absolute atomic E-state index is 13.6. The molecule has 0 radical (unpaired) electrons. The Morgan fingerprint density at radius 1 is 0.923 bits per heavy atom. The lowest BCUT2D eigenvalue weighted by Crippen LogP contribution is -2.55. The van der Waals surface area contributed by atoms with Crippen molar-refractivity contribution in [2.45, 2.75) is 19.2 Å². The second-order valence-electron chi connectivity index (χ2n) is 9.39. The van der Waals surface area contributed by atoms with E-state index in [0.29, 0.717) is 55.1 Å². The third-order valence-corrected chi connectivity index (χ3v) is 7.69. The van der Waals surface area contributed by atoms with Crippen LogP contribution in [-0.2, 0) is 32.7 Å². The topological polar surface area (TPSA) is 91.0 Å². The molecule has 208 valence electrons. The molecule has 0 saturated carbocycles. The first-order chi connectivity index (χ1) is 18.7. The Morgan fingerprint density at radius 3 is 2.31 bits per heavy atom. The number of hydrogen-bond acceptors (Lipinski definition) is 6. The lowest BCUT2D eigenvalue weighted by atomic mass is 10.1. The van der Waals surface area contributed by atoms with Gasteiger partial charge in [0.2, 0.25) is 15.9 Å². The molecular formula is C28H32Cl2N4O4S. The molecule has 39 heavy (non-hydrogen) atoms. The molecule has 11 heteroatoms. The van der Waals surface area contributed by atoms with Gasteiger partial charge in [-0.05, 0) is 35.4 Å². The zero-order valence-corrected chi connectivity index (χ0v) is 24.0. The monoisotopic (exact) mass is 590 g/mol. The van der Waals surface area contributed by atoms with E-state index in [-0.39, 0.29) is 12.5 Å². The van der Waals surface area contributed by atoms with E-state index in [0.717, 1.165) is 23.1 Å². The Kier molecular flexibility index (Phi) is 10.1. The number of amides is 1. The fraction of sp³-hybridized carbons (Fsp3) is 0.321. The molecule has 8 nitrogen and oxygen atoms in total. The number of benzene rings is 3. The average molecular weight is 592 g/mol. The van der Waals surface area contributed by atoms with Crippen molar-refractivity contribution in [2.24, 2.45) is 0 Å². The molecule has 1 amide bonds. The van der Waals surface area contributed by atoms with Crippen LogP contribution in [0, 0.1) is 0 Å². The summed E-state index contributed by atoms with van der Waals surface area (Å²) in [5.74, 6) is -0.0396. The summed E-state index contributed by atoms with van der Waals surface area (Å²) in [5, 5.41) is 4.30. The predicted octanol–water partition coefficient (Wildman–Crippen LogP) is 4.39. The number of nitrogens with one attached hydrogen (secondary N) is 2. The molecule has 3 aromatic rings. The molecule has 1 fully saturated rings. The van der Waals surface area contributed by atoms with E-state index in [4.69, 9.17) is 27.9 Å². The quantitative estimate of drug-likeness (QED) is 0.344. The maximum atomic E-state index is 13.6. The number of para-hydroxylation sites is 2. The van der Waals surface area contributed by atoms with Gasteiger partial charge < -0.3 is 14.5 Å². The number of carbonyl (C=O) groups excluding carboxylic acids is 1. The van der Waals surface area contributed by atoms with E-state index < -0.39 is 16.1 Å². The van der Waals surface area contributed by atoms with Gasteiger partial charge in [0.25, 0.3) is 0 Å². The second-order valence-corrected chi connectivity index (χ2v) is 11.9. The summed E-state index contributed by atoms with van der Waals surface area (Å²) in [6, 6.07) is 22.0. The van der Waals surface area contributed by atoms with Crippen LogP contribution in [0.2, 0.25) is 10.0 Å². The minimum absolute atomic E-state index is 0.0396. The molecule has 0 unspecified atom stereocenters. The summed E-state index contributed by atoms with van der Waals surface area (Å²) < 4.78 is 32.1. The van der Waals surface area contributed by atoms with Crippen LogP contribution in [0.3, 0.4) is 0 Å². The van der Waals surface area contributed by atoms with Crippen molar-refractivity contribution in [3.63, 3.8) is 0 Å². The van der Waals surface area contributed by atoms with Crippen molar-refractivity contribution in [2.75, 3.05) is 48.7 Å². The molecule has 2 N–H and O–H groups in total. The van der Waals surface area contributed by atoms with E-state index in [1.54, 1.807) is 24.3 Å². The summed E-state index contributed by atoms with van der Waals surface area (Å²) in [7, 11) is -3.41. The van der Waals surface area contributed by atoms with Crippen LogP contribution in [0.15, 0.2) is 72.8 Å². The lowest BCUT2D eigenvalue weighted by Gasteiger charge is -2.38. The Balaban J connectivity index is 1.39. The first kappa shape index (κ1) is 29.2. The van der Waals surface area contributed by atoms with Crippen LogP contribution in [-0.4, -0.2) is 64.3 Å². The number of anilines is 2. The molecule has 1 saturated heterocycles. The zero-order chi connectivity index (χ0) is 27.8. The number of halogens is 2. The Hall–Kier alpha value is -2.82. The number of hydrogen-bond donors (Lipinski definition) is 2. The van der Waals surface area contributed by atoms with Crippen molar-refractivity contribution in [3.05, 3.63) is 94.0 Å². The maximum Gasteiger partial charge on any atom is 0.242 e. The van der Waals surface area contributed by atoms with Crippen molar-refractivity contribution in [1.29, 1.82) is 0 Å². The van der Waals surface area contributed by atoms with Crippen LogP contribution < -0.4 is 14.9 Å². The summed E-state index contributed by atoms with van der Waals surface area (Å²) >= 11 is 12.1. The van der Waals surface area contributed by atoms with Gasteiger partial charge in [-0.3, -0.25) is 14.8 Å². The normalized spacial score (nSPS) is 14.7. The highest BCUT2D eigenvalue weighted by molar-refractivity contribution is 7.92. The second kappa shape index (κ2) is 13.5. The van der Waals surface area contributed by atoms with Gasteiger partial charge in [0, 0.05) is 32.7 Å². The molecule has 1 aliphatic heterocycles. The molecule has 4 rings (SSSR count). The highest BCUT2D eigenvalue weighted by Crippen LogP contribution is 2.27. The highest BCUT2D eigenvalue weighted by atomic mass is 35.5. The number of ether oxygens (including phenoxy) is 1. The van der Waals surface area contributed by atoms with Gasteiger partial charge in [-0.1, -0.05) is 71.7 Å². The first-order valence-electron chi connectivity index (χ1n) is 12.6. The van der Waals surface area contributed by atoms with Crippen molar-refractivity contribution in [1.82, 2.24) is 10.2 Å². The van der Waals surface area contributed by atoms with E-state index in [1.807, 2.05) is 53.4 Å². The van der Waals surface area contributed by atoms with Crippen molar-refractivity contribution < 1.29 is 17.9 Å². The van der Waals surface area contributed by atoms with E-state index in [2.05, 4.69) is 14.9 Å². The Morgan fingerprint density at radius 2 is 1.62 bits per heavy atom. The zero-order valence-electron chi connectivity index (χ0n) is 21.6. The summed E-state index contributed by atoms with van der Waals surface area (Å²) in [6.07, 6.45) is 1.13. The average Bonchev–Trinajstić information content (AvgIpc) is 2.92. The molecule has 0 aromatic heterocycles. The predicted molar refractivity (Wildman–Crippen MR) is 157 cm³/mol. The molecule has 0 spiro atoms. The third-order valence-electron chi connectivity index (χ3n) is 6.36. The molecule has 3 aromatic carbocycles. The Labute approximate surface area is 239 Å². The van der Waals surface area contributed by atoms with Crippen molar-refractivity contribution in [3.8, 4) is 0 Å². The van der Waals surface area contributed by atoms with Gasteiger partial charge in [0.15, 0.2) is 0 Å². The molecule has 1 atom stereocenters. The smallest absolute Gasteiger partial charge is 0.242 e. The highest BCUT2D eigenvalue weighted by Gasteiger charge is 2.28. The van der Waals surface area contributed by atoms with Gasteiger partial charge >= 0.3 is 0 Å². The lowest BCUT2D eigenvalue weighted by molar-refractivity contribution is -0.135. The van der Waals surface area contributed by atoms with Crippen LogP contribution in [0.4, 0.5) is 11.4 Å². The largest absolute Gasteiger partial charge is 0.375 e. The number of rotatable bonds is 11. The SMILES string of the molecule is CS(=O)(=O)Nc1ccccc1N1CCN(C(=O)[C@H](COCc2ccc(Cl)c(Cl)c2)NCc2ccccc2)CC1. The third kappa shape index (κ3) is 8.58. The fourth-order valence-electron chi connectivity index (χ4n) is 4.40. The van der Waals surface area contributed by atoms with Crippen molar-refractivity contribution >= 4 is 50.5 Å². The summed E-state index contributed by atoms with van der Waals surface area (Å²) in [5.41, 5.74) is 3.25. The number of carbonyl (C=O) groups is 1. The van der Waals surface area contributed by atoms with Gasteiger partial charge in [-0.15, -0.1) is 0 Å². The summed E-state index contributed by atoms with van der Waals surface area (Å²) in [6.45, 7) is 3.16. The Bertz CT molecular complexity index is 1370. The number of nitrogens with zero attached hydrogens (tertiary/aromatic N) is 2.